The minimum Gasteiger partial charge on any atom is -0.381 e. The van der Waals surface area contributed by atoms with Gasteiger partial charge >= 0.3 is 0 Å². The second-order valence-electron chi connectivity index (χ2n) is 6.86. The van der Waals surface area contributed by atoms with Crippen LogP contribution in [0.2, 0.25) is 0 Å². The minimum absolute atomic E-state index is 0.0847. The lowest BCUT2D eigenvalue weighted by Crippen LogP contribution is -2.44. The molecule has 1 saturated heterocycles. The Kier molecular flexibility index (Phi) is 7.10. The van der Waals surface area contributed by atoms with Crippen molar-refractivity contribution < 1.29 is 4.74 Å². The Hall–Kier alpha value is -1.55. The van der Waals surface area contributed by atoms with Gasteiger partial charge in [0.25, 0.3) is 0 Å². The highest BCUT2D eigenvalue weighted by molar-refractivity contribution is 5.80. The van der Waals surface area contributed by atoms with E-state index in [4.69, 9.17) is 9.73 Å². The van der Waals surface area contributed by atoms with Crippen molar-refractivity contribution in [2.24, 2.45) is 4.99 Å². The van der Waals surface area contributed by atoms with Crippen molar-refractivity contribution in [2.75, 3.05) is 26.3 Å². The Morgan fingerprint density at radius 2 is 1.96 bits per heavy atom. The molecule has 1 aromatic carbocycles. The zero-order valence-corrected chi connectivity index (χ0v) is 15.7. The maximum Gasteiger partial charge on any atom is 0.191 e. The predicted octanol–water partition coefficient (Wildman–Crippen LogP) is 3.40. The van der Waals surface area contributed by atoms with Crippen LogP contribution in [0.25, 0.3) is 0 Å². The van der Waals surface area contributed by atoms with Crippen LogP contribution in [0, 0.1) is 6.92 Å². The SMILES string of the molecule is CCNC(=NCC1(c2ccccc2C)CCOCC1)NC(C)CC. The molecule has 0 radical (unpaired) electrons. The van der Waals surface area contributed by atoms with Gasteiger partial charge in [-0.2, -0.15) is 0 Å². The minimum atomic E-state index is 0.0847. The fourth-order valence-corrected chi connectivity index (χ4v) is 3.33. The third-order valence-corrected chi connectivity index (χ3v) is 5.05. The maximum absolute atomic E-state index is 5.64. The Labute approximate surface area is 147 Å². The summed E-state index contributed by atoms with van der Waals surface area (Å²) in [6.07, 6.45) is 3.15. The lowest BCUT2D eigenvalue weighted by molar-refractivity contribution is 0.0529. The van der Waals surface area contributed by atoms with Gasteiger partial charge < -0.3 is 15.4 Å². The smallest absolute Gasteiger partial charge is 0.191 e. The molecule has 1 aliphatic heterocycles. The molecule has 0 aromatic heterocycles. The van der Waals surface area contributed by atoms with Gasteiger partial charge in [-0.15, -0.1) is 0 Å². The molecule has 1 atom stereocenters. The van der Waals surface area contributed by atoms with Crippen LogP contribution in [-0.4, -0.2) is 38.3 Å². The monoisotopic (exact) mass is 331 g/mol. The average Bonchev–Trinajstić information content (AvgIpc) is 2.61. The van der Waals surface area contributed by atoms with Crippen molar-refractivity contribution in [3.8, 4) is 0 Å². The fraction of sp³-hybridized carbons (Fsp3) is 0.650. The van der Waals surface area contributed by atoms with Gasteiger partial charge in [0.2, 0.25) is 0 Å². The van der Waals surface area contributed by atoms with Crippen molar-refractivity contribution in [1.29, 1.82) is 0 Å². The highest BCUT2D eigenvalue weighted by Gasteiger charge is 2.35. The first-order valence-corrected chi connectivity index (χ1v) is 9.30. The van der Waals surface area contributed by atoms with Gasteiger partial charge in [-0.1, -0.05) is 31.2 Å². The summed E-state index contributed by atoms with van der Waals surface area (Å²) >= 11 is 0. The Balaban J connectivity index is 2.24. The molecule has 0 amide bonds. The third-order valence-electron chi connectivity index (χ3n) is 5.05. The first-order valence-electron chi connectivity index (χ1n) is 9.30. The zero-order valence-electron chi connectivity index (χ0n) is 15.7. The molecule has 1 fully saturated rings. The highest BCUT2D eigenvalue weighted by atomic mass is 16.5. The van der Waals surface area contributed by atoms with E-state index in [-0.39, 0.29) is 5.41 Å². The van der Waals surface area contributed by atoms with Crippen LogP contribution >= 0.6 is 0 Å². The summed E-state index contributed by atoms with van der Waals surface area (Å²) in [5.41, 5.74) is 2.87. The van der Waals surface area contributed by atoms with Crippen LogP contribution in [0.15, 0.2) is 29.3 Å². The van der Waals surface area contributed by atoms with Crippen molar-refractivity contribution >= 4 is 5.96 Å². The maximum atomic E-state index is 5.64. The third kappa shape index (κ3) is 4.73. The van der Waals surface area contributed by atoms with E-state index in [9.17, 15) is 0 Å². The fourth-order valence-electron chi connectivity index (χ4n) is 3.33. The number of aliphatic imine (C=N–C) groups is 1. The van der Waals surface area contributed by atoms with Crippen molar-refractivity contribution in [3.05, 3.63) is 35.4 Å². The second-order valence-corrected chi connectivity index (χ2v) is 6.86. The van der Waals surface area contributed by atoms with Crippen LogP contribution in [0.1, 0.15) is 51.2 Å². The molecule has 0 aliphatic carbocycles. The molecular weight excluding hydrogens is 298 g/mol. The van der Waals surface area contributed by atoms with E-state index in [0.29, 0.717) is 6.04 Å². The number of guanidine groups is 1. The average molecular weight is 332 g/mol. The van der Waals surface area contributed by atoms with E-state index in [2.05, 4.69) is 62.6 Å². The summed E-state index contributed by atoms with van der Waals surface area (Å²) in [5.74, 6) is 0.923. The quantitative estimate of drug-likeness (QED) is 0.620. The zero-order chi connectivity index (χ0) is 17.4. The topological polar surface area (TPSA) is 45.7 Å². The van der Waals surface area contributed by atoms with Gasteiger partial charge in [0.1, 0.15) is 0 Å². The first-order chi connectivity index (χ1) is 11.6. The summed E-state index contributed by atoms with van der Waals surface area (Å²) in [5, 5.41) is 6.88. The van der Waals surface area contributed by atoms with Crippen molar-refractivity contribution in [2.45, 2.75) is 58.4 Å². The molecule has 1 aliphatic rings. The number of rotatable bonds is 6. The number of benzene rings is 1. The number of aryl methyl sites for hydroxylation is 1. The van der Waals surface area contributed by atoms with Crippen molar-refractivity contribution in [3.63, 3.8) is 0 Å². The van der Waals surface area contributed by atoms with Gasteiger partial charge in [-0.3, -0.25) is 4.99 Å². The summed E-state index contributed by atoms with van der Waals surface area (Å²) in [7, 11) is 0. The van der Waals surface area contributed by atoms with Gasteiger partial charge in [0.15, 0.2) is 5.96 Å². The molecular formula is C20H33N3O. The summed E-state index contributed by atoms with van der Waals surface area (Å²) in [4.78, 5) is 4.95. The molecule has 134 valence electrons. The van der Waals surface area contributed by atoms with E-state index < -0.39 is 0 Å². The van der Waals surface area contributed by atoms with E-state index in [1.807, 2.05) is 0 Å². The largest absolute Gasteiger partial charge is 0.381 e. The van der Waals surface area contributed by atoms with E-state index in [1.54, 1.807) is 0 Å². The Bertz CT molecular complexity index is 535. The molecule has 1 aromatic rings. The van der Waals surface area contributed by atoms with Crippen LogP contribution < -0.4 is 10.6 Å². The van der Waals surface area contributed by atoms with Crippen LogP contribution in [0.5, 0.6) is 0 Å². The van der Waals surface area contributed by atoms with Crippen molar-refractivity contribution in [1.82, 2.24) is 10.6 Å². The van der Waals surface area contributed by atoms with E-state index in [0.717, 1.165) is 51.5 Å². The number of nitrogens with one attached hydrogen (secondary N) is 2. The van der Waals surface area contributed by atoms with E-state index >= 15 is 0 Å². The Morgan fingerprint density at radius 1 is 1.25 bits per heavy atom. The molecule has 4 nitrogen and oxygen atoms in total. The second kappa shape index (κ2) is 9.07. The van der Waals surface area contributed by atoms with Crippen LogP contribution in [0.4, 0.5) is 0 Å². The molecule has 1 unspecified atom stereocenters. The normalized spacial score (nSPS) is 18.9. The number of hydrogen-bond acceptors (Lipinski definition) is 2. The number of hydrogen-bond donors (Lipinski definition) is 2. The molecule has 0 spiro atoms. The van der Waals surface area contributed by atoms with E-state index in [1.165, 1.54) is 11.1 Å². The van der Waals surface area contributed by atoms with Crippen LogP contribution in [0.3, 0.4) is 0 Å². The first kappa shape index (κ1) is 18.8. The van der Waals surface area contributed by atoms with Gasteiger partial charge in [0.05, 0.1) is 6.54 Å². The van der Waals surface area contributed by atoms with Gasteiger partial charge in [-0.25, -0.2) is 0 Å². The molecule has 1 heterocycles. The molecule has 24 heavy (non-hydrogen) atoms. The highest BCUT2D eigenvalue weighted by Crippen LogP contribution is 2.37. The Morgan fingerprint density at radius 3 is 2.58 bits per heavy atom. The summed E-state index contributed by atoms with van der Waals surface area (Å²) < 4.78 is 5.64. The predicted molar refractivity (Wildman–Crippen MR) is 102 cm³/mol. The molecule has 0 saturated carbocycles. The van der Waals surface area contributed by atoms with Gasteiger partial charge in [0, 0.05) is 31.2 Å². The lowest BCUT2D eigenvalue weighted by atomic mass is 9.72. The molecule has 2 rings (SSSR count). The molecule has 0 bridgehead atoms. The number of ether oxygens (including phenoxy) is 1. The molecule has 4 heteroatoms. The summed E-state index contributed by atoms with van der Waals surface area (Å²) in [6.45, 7) is 12.0. The summed E-state index contributed by atoms with van der Waals surface area (Å²) in [6, 6.07) is 9.16. The van der Waals surface area contributed by atoms with Gasteiger partial charge in [-0.05, 0) is 51.2 Å². The lowest BCUT2D eigenvalue weighted by Gasteiger charge is -2.37. The van der Waals surface area contributed by atoms with Crippen LogP contribution in [-0.2, 0) is 10.2 Å². The number of nitrogens with zero attached hydrogens (tertiary/aromatic N) is 1. The molecule has 2 N–H and O–H groups in total. The standard InChI is InChI=1S/C20H33N3O/c1-5-17(4)23-19(21-6-2)22-15-20(11-13-24-14-12-20)18-10-8-7-9-16(18)3/h7-10,17H,5-6,11-15H2,1-4H3,(H2,21,22,23).